The fourth-order valence-electron chi connectivity index (χ4n) is 0.547. The number of halogens is 1. The highest BCUT2D eigenvalue weighted by atomic mass is 127. The fourth-order valence-corrected chi connectivity index (χ4v) is 2.30. The molecule has 0 aliphatic heterocycles. The van der Waals surface area contributed by atoms with E-state index in [1.807, 2.05) is 13.8 Å². The molecule has 0 fully saturated rings. The Balaban J connectivity index is 4.21. The Morgan fingerprint density at radius 2 is 2.00 bits per heavy atom. The Hall–Kier alpha value is 0.600. The molecule has 12 heavy (non-hydrogen) atoms. The van der Waals surface area contributed by atoms with Gasteiger partial charge in [-0.15, -0.1) is 0 Å². The van der Waals surface area contributed by atoms with Crippen LogP contribution in [0.25, 0.3) is 0 Å². The van der Waals surface area contributed by atoms with Crippen LogP contribution in [0.5, 0.6) is 0 Å². The molecule has 0 saturated heterocycles. The van der Waals surface area contributed by atoms with Gasteiger partial charge in [-0.3, -0.25) is 0 Å². The molecule has 74 valence electrons. The van der Waals surface area contributed by atoms with Gasteiger partial charge < -0.3 is 0 Å². The third-order valence-electron chi connectivity index (χ3n) is 1.49. The average molecular weight is 306 g/mol. The Morgan fingerprint density at radius 3 is 2.33 bits per heavy atom. The maximum atomic E-state index is 11.3. The second-order valence-electron chi connectivity index (χ2n) is 2.70. The lowest BCUT2D eigenvalue weighted by molar-refractivity contribution is 0.403. The lowest BCUT2D eigenvalue weighted by Crippen LogP contribution is -2.42. The Labute approximate surface area is 88.0 Å². The Morgan fingerprint density at radius 1 is 1.50 bits per heavy atom. The summed E-state index contributed by atoms with van der Waals surface area (Å²) in [5.41, 5.74) is 0. The molecule has 6 heteroatoms. The maximum Gasteiger partial charge on any atom is 0.279 e. The molecule has 0 aromatic heterocycles. The zero-order valence-electron chi connectivity index (χ0n) is 7.54. The highest BCUT2D eigenvalue weighted by Crippen LogP contribution is 1.99. The van der Waals surface area contributed by atoms with Crippen molar-refractivity contribution in [3.05, 3.63) is 0 Å². The van der Waals surface area contributed by atoms with Crippen LogP contribution in [-0.2, 0) is 10.2 Å². The molecule has 0 atom stereocenters. The zero-order chi connectivity index (χ0) is 9.78. The van der Waals surface area contributed by atoms with Crippen molar-refractivity contribution < 1.29 is 8.42 Å². The first-order valence-electron chi connectivity index (χ1n) is 3.70. The van der Waals surface area contributed by atoms with E-state index in [1.54, 1.807) is 7.05 Å². The molecule has 0 spiro atoms. The fraction of sp³-hybridized carbons (Fsp3) is 1.00. The van der Waals surface area contributed by atoms with Gasteiger partial charge in [-0.2, -0.15) is 12.7 Å². The van der Waals surface area contributed by atoms with Crippen LogP contribution in [0.4, 0.5) is 0 Å². The van der Waals surface area contributed by atoms with Crippen LogP contribution < -0.4 is 4.72 Å². The summed E-state index contributed by atoms with van der Waals surface area (Å²) in [7, 11) is -1.67. The molecule has 0 amide bonds. The number of nitrogens with one attached hydrogen (secondary N) is 1. The van der Waals surface area contributed by atoms with Crippen molar-refractivity contribution in [2.45, 2.75) is 19.9 Å². The van der Waals surface area contributed by atoms with E-state index < -0.39 is 10.2 Å². The predicted molar refractivity (Wildman–Crippen MR) is 58.7 cm³/mol. The molecule has 0 radical (unpaired) electrons. The summed E-state index contributed by atoms with van der Waals surface area (Å²) in [6.45, 7) is 4.16. The molecule has 0 rings (SSSR count). The van der Waals surface area contributed by atoms with Gasteiger partial charge in [-0.05, 0) is 13.8 Å². The molecule has 0 bridgehead atoms. The van der Waals surface area contributed by atoms with E-state index in [-0.39, 0.29) is 6.04 Å². The van der Waals surface area contributed by atoms with Gasteiger partial charge in [0.15, 0.2) is 0 Å². The monoisotopic (exact) mass is 306 g/mol. The summed E-state index contributed by atoms with van der Waals surface area (Å²) in [5, 5.41) is 0. The van der Waals surface area contributed by atoms with Gasteiger partial charge in [-0.25, -0.2) is 4.72 Å². The molecular weight excluding hydrogens is 291 g/mol. The summed E-state index contributed by atoms with van der Waals surface area (Å²) < 4.78 is 27.3. The molecule has 0 heterocycles. The van der Waals surface area contributed by atoms with Gasteiger partial charge in [0.1, 0.15) is 0 Å². The maximum absolute atomic E-state index is 11.3. The van der Waals surface area contributed by atoms with Crippen molar-refractivity contribution in [1.82, 2.24) is 9.03 Å². The second-order valence-corrected chi connectivity index (χ2v) is 5.59. The normalized spacial score (nSPS) is 12.8. The standard InChI is InChI=1S/C6H15IN2O2S/c1-6(2)9(3)12(10,11)8-5-4-7/h6,8H,4-5H2,1-3H3. The van der Waals surface area contributed by atoms with E-state index in [9.17, 15) is 8.42 Å². The third-order valence-corrected chi connectivity index (χ3v) is 3.77. The Kier molecular flexibility index (Phi) is 5.62. The van der Waals surface area contributed by atoms with Crippen molar-refractivity contribution in [1.29, 1.82) is 0 Å². The largest absolute Gasteiger partial charge is 0.279 e. The average Bonchev–Trinajstić information content (AvgIpc) is 1.99. The highest BCUT2D eigenvalue weighted by Gasteiger charge is 2.18. The van der Waals surface area contributed by atoms with E-state index in [1.165, 1.54) is 4.31 Å². The molecule has 0 aliphatic carbocycles. The predicted octanol–water partition coefficient (Wildman–Crippen LogP) is 0.596. The molecule has 0 aromatic carbocycles. The minimum Gasteiger partial charge on any atom is -0.201 e. The lowest BCUT2D eigenvalue weighted by atomic mass is 10.4. The van der Waals surface area contributed by atoms with Crippen molar-refractivity contribution in [2.24, 2.45) is 0 Å². The first kappa shape index (κ1) is 12.6. The van der Waals surface area contributed by atoms with E-state index in [4.69, 9.17) is 0 Å². The van der Waals surface area contributed by atoms with Crippen LogP contribution in [0.2, 0.25) is 0 Å². The van der Waals surface area contributed by atoms with Gasteiger partial charge in [0, 0.05) is 24.1 Å². The molecular formula is C6H15IN2O2S. The second kappa shape index (κ2) is 5.36. The number of hydrogen-bond acceptors (Lipinski definition) is 2. The van der Waals surface area contributed by atoms with Crippen molar-refractivity contribution in [3.8, 4) is 0 Å². The molecule has 4 nitrogen and oxygen atoms in total. The quantitative estimate of drug-likeness (QED) is 0.597. The van der Waals surface area contributed by atoms with Crippen LogP contribution >= 0.6 is 22.6 Å². The van der Waals surface area contributed by atoms with Gasteiger partial charge >= 0.3 is 0 Å². The van der Waals surface area contributed by atoms with Crippen LogP contribution in [0.1, 0.15) is 13.8 Å². The summed E-state index contributed by atoms with van der Waals surface area (Å²) in [5.74, 6) is 0. The summed E-state index contributed by atoms with van der Waals surface area (Å²) >= 11 is 2.12. The van der Waals surface area contributed by atoms with Crippen LogP contribution in [0.3, 0.4) is 0 Å². The van der Waals surface area contributed by atoms with Crippen LogP contribution in [0, 0.1) is 0 Å². The smallest absolute Gasteiger partial charge is 0.201 e. The van der Waals surface area contributed by atoms with E-state index in [2.05, 4.69) is 27.3 Å². The van der Waals surface area contributed by atoms with Gasteiger partial charge in [0.2, 0.25) is 0 Å². The van der Waals surface area contributed by atoms with Crippen molar-refractivity contribution in [3.63, 3.8) is 0 Å². The highest BCUT2D eigenvalue weighted by molar-refractivity contribution is 14.1. The van der Waals surface area contributed by atoms with E-state index in [0.717, 1.165) is 4.43 Å². The van der Waals surface area contributed by atoms with Gasteiger partial charge in [-0.1, -0.05) is 22.6 Å². The SMILES string of the molecule is CC(C)N(C)S(=O)(=O)NCCI. The van der Waals surface area contributed by atoms with Crippen LogP contribution in [0.15, 0.2) is 0 Å². The first-order valence-corrected chi connectivity index (χ1v) is 6.67. The van der Waals surface area contributed by atoms with Crippen molar-refractivity contribution in [2.75, 3.05) is 18.0 Å². The minimum atomic E-state index is -3.24. The lowest BCUT2D eigenvalue weighted by Gasteiger charge is -2.20. The molecule has 0 aromatic rings. The van der Waals surface area contributed by atoms with E-state index >= 15 is 0 Å². The number of hydrogen-bond donors (Lipinski definition) is 1. The van der Waals surface area contributed by atoms with Gasteiger partial charge in [0.05, 0.1) is 0 Å². The molecule has 0 unspecified atom stereocenters. The summed E-state index contributed by atoms with van der Waals surface area (Å²) in [6.07, 6.45) is 0. The summed E-state index contributed by atoms with van der Waals surface area (Å²) in [4.78, 5) is 0. The summed E-state index contributed by atoms with van der Waals surface area (Å²) in [6, 6.07) is -0.00305. The first-order chi connectivity index (χ1) is 5.41. The number of nitrogens with zero attached hydrogens (tertiary/aromatic N) is 1. The number of alkyl halides is 1. The zero-order valence-corrected chi connectivity index (χ0v) is 10.5. The Bertz CT molecular complexity index is 216. The number of rotatable bonds is 5. The van der Waals surface area contributed by atoms with Crippen LogP contribution in [-0.4, -0.2) is 36.8 Å². The van der Waals surface area contributed by atoms with E-state index in [0.29, 0.717) is 6.54 Å². The van der Waals surface area contributed by atoms with Gasteiger partial charge in [0.25, 0.3) is 10.2 Å². The molecule has 0 saturated carbocycles. The topological polar surface area (TPSA) is 49.4 Å². The molecule has 1 N–H and O–H groups in total. The third kappa shape index (κ3) is 4.01. The van der Waals surface area contributed by atoms with Crippen molar-refractivity contribution >= 4 is 32.8 Å². The molecule has 0 aliphatic rings. The minimum absolute atomic E-state index is 0.00305.